The monoisotopic (exact) mass is 434 g/mol. The molecule has 4 nitrogen and oxygen atoms in total. The van der Waals surface area contributed by atoms with Crippen LogP contribution in [0.3, 0.4) is 0 Å². The smallest absolute Gasteiger partial charge is 0.230 e. The third-order valence-electron chi connectivity index (χ3n) is 6.83. The minimum absolute atomic E-state index is 0.0249. The molecule has 0 unspecified atom stereocenters. The molecule has 2 aromatic rings. The molecule has 1 fully saturated rings. The largest absolute Gasteiger partial charge is 0.348 e. The third-order valence-corrected chi connectivity index (χ3v) is 6.83. The van der Waals surface area contributed by atoms with Crippen molar-refractivity contribution in [1.82, 2.24) is 9.80 Å². The SMILES string of the molecule is CN(C)C(=O)[C@]1(Cc2ccccc2-c2ccccc2F)CCN(C(=O)C[C@@H]2C=CCC2)C1. The van der Waals surface area contributed by atoms with E-state index >= 15 is 0 Å². The van der Waals surface area contributed by atoms with Gasteiger partial charge < -0.3 is 9.80 Å². The molecule has 0 spiro atoms. The summed E-state index contributed by atoms with van der Waals surface area (Å²) < 4.78 is 14.6. The van der Waals surface area contributed by atoms with Gasteiger partial charge in [-0.25, -0.2) is 4.39 Å². The van der Waals surface area contributed by atoms with Gasteiger partial charge in [-0.05, 0) is 48.8 Å². The number of allylic oxidation sites excluding steroid dienone is 2. The lowest BCUT2D eigenvalue weighted by molar-refractivity contribution is -0.139. The van der Waals surface area contributed by atoms with Gasteiger partial charge in [-0.3, -0.25) is 9.59 Å². The Labute approximate surface area is 189 Å². The van der Waals surface area contributed by atoms with Crippen molar-refractivity contribution in [2.24, 2.45) is 11.3 Å². The Morgan fingerprint density at radius 3 is 2.50 bits per heavy atom. The highest BCUT2D eigenvalue weighted by Crippen LogP contribution is 2.39. The van der Waals surface area contributed by atoms with E-state index in [1.165, 1.54) is 6.07 Å². The third kappa shape index (κ3) is 4.47. The summed E-state index contributed by atoms with van der Waals surface area (Å²) in [5, 5.41) is 0. The second-order valence-corrected chi connectivity index (χ2v) is 9.33. The van der Waals surface area contributed by atoms with Crippen LogP contribution < -0.4 is 0 Å². The zero-order chi connectivity index (χ0) is 22.7. The number of benzene rings is 2. The Kier molecular flexibility index (Phi) is 6.45. The van der Waals surface area contributed by atoms with Crippen molar-refractivity contribution < 1.29 is 14.0 Å². The Balaban J connectivity index is 1.62. The number of rotatable bonds is 6. The molecule has 0 radical (unpaired) electrons. The Morgan fingerprint density at radius 1 is 1.09 bits per heavy atom. The quantitative estimate of drug-likeness (QED) is 0.619. The number of hydrogen-bond donors (Lipinski definition) is 0. The van der Waals surface area contributed by atoms with Gasteiger partial charge in [0.2, 0.25) is 11.8 Å². The number of halogens is 1. The van der Waals surface area contributed by atoms with Gasteiger partial charge in [0.15, 0.2) is 0 Å². The lowest BCUT2D eigenvalue weighted by Gasteiger charge is -2.32. The van der Waals surface area contributed by atoms with E-state index in [4.69, 9.17) is 0 Å². The Morgan fingerprint density at radius 2 is 1.81 bits per heavy atom. The van der Waals surface area contributed by atoms with Crippen LogP contribution in [-0.2, 0) is 16.0 Å². The standard InChI is InChI=1S/C27H31FN2O2/c1-29(2)26(32)27(15-16-30(19-27)25(31)17-20-9-3-4-10-20)18-21-11-5-6-12-22(21)23-13-7-8-14-24(23)28/h3,5-9,11-14,20H,4,10,15-19H2,1-2H3/t20-,27+/m1/s1. The van der Waals surface area contributed by atoms with Crippen LogP contribution >= 0.6 is 0 Å². The Bertz CT molecular complexity index is 1030. The van der Waals surface area contributed by atoms with E-state index in [1.807, 2.05) is 35.2 Å². The fourth-order valence-electron chi connectivity index (χ4n) is 5.15. The second-order valence-electron chi connectivity index (χ2n) is 9.33. The van der Waals surface area contributed by atoms with E-state index in [1.54, 1.807) is 31.1 Å². The van der Waals surface area contributed by atoms with E-state index < -0.39 is 5.41 Å². The maximum absolute atomic E-state index is 14.6. The van der Waals surface area contributed by atoms with Crippen molar-refractivity contribution >= 4 is 11.8 Å². The van der Waals surface area contributed by atoms with Crippen molar-refractivity contribution in [1.29, 1.82) is 0 Å². The summed E-state index contributed by atoms with van der Waals surface area (Å²) in [5.41, 5.74) is 1.57. The zero-order valence-electron chi connectivity index (χ0n) is 18.9. The molecule has 1 aliphatic carbocycles. The number of nitrogens with zero attached hydrogens (tertiary/aromatic N) is 2. The van der Waals surface area contributed by atoms with E-state index in [2.05, 4.69) is 12.2 Å². The summed E-state index contributed by atoms with van der Waals surface area (Å²) in [5.74, 6) is 0.180. The van der Waals surface area contributed by atoms with Crippen molar-refractivity contribution in [3.05, 3.63) is 72.1 Å². The van der Waals surface area contributed by atoms with Crippen LogP contribution in [0.1, 0.15) is 31.2 Å². The molecule has 32 heavy (non-hydrogen) atoms. The predicted molar refractivity (Wildman–Crippen MR) is 124 cm³/mol. The molecule has 2 aliphatic rings. The number of likely N-dealkylation sites (tertiary alicyclic amines) is 1. The Hall–Kier alpha value is -2.95. The molecule has 168 valence electrons. The zero-order valence-corrected chi connectivity index (χ0v) is 18.9. The maximum atomic E-state index is 14.6. The molecule has 2 atom stereocenters. The van der Waals surface area contributed by atoms with Crippen LogP contribution in [-0.4, -0.2) is 48.8 Å². The summed E-state index contributed by atoms with van der Waals surface area (Å²) in [6.45, 7) is 0.988. The van der Waals surface area contributed by atoms with Crippen LogP contribution in [0.5, 0.6) is 0 Å². The summed E-state index contributed by atoms with van der Waals surface area (Å²) >= 11 is 0. The van der Waals surface area contributed by atoms with Gasteiger partial charge in [0, 0.05) is 39.2 Å². The van der Waals surface area contributed by atoms with Gasteiger partial charge in [-0.1, -0.05) is 54.6 Å². The summed E-state index contributed by atoms with van der Waals surface area (Å²) in [6, 6.07) is 14.4. The molecular weight excluding hydrogens is 403 g/mol. The maximum Gasteiger partial charge on any atom is 0.230 e. The number of hydrogen-bond acceptors (Lipinski definition) is 2. The average Bonchev–Trinajstić information content (AvgIpc) is 3.45. The average molecular weight is 435 g/mol. The molecule has 0 N–H and O–H groups in total. The molecule has 4 rings (SSSR count). The fraction of sp³-hybridized carbons (Fsp3) is 0.407. The van der Waals surface area contributed by atoms with Gasteiger partial charge in [-0.15, -0.1) is 0 Å². The highest BCUT2D eigenvalue weighted by molar-refractivity contribution is 5.86. The van der Waals surface area contributed by atoms with Crippen LogP contribution in [0.2, 0.25) is 0 Å². The highest BCUT2D eigenvalue weighted by atomic mass is 19.1. The highest BCUT2D eigenvalue weighted by Gasteiger charge is 2.47. The van der Waals surface area contributed by atoms with E-state index in [0.29, 0.717) is 43.8 Å². The van der Waals surface area contributed by atoms with Crippen molar-refractivity contribution in [3.8, 4) is 11.1 Å². The number of carbonyl (C=O) groups is 2. The van der Waals surface area contributed by atoms with Crippen LogP contribution in [0, 0.1) is 17.2 Å². The van der Waals surface area contributed by atoms with Crippen LogP contribution in [0.4, 0.5) is 4.39 Å². The molecule has 0 saturated carbocycles. The van der Waals surface area contributed by atoms with Gasteiger partial charge in [0.25, 0.3) is 0 Å². The summed E-state index contributed by atoms with van der Waals surface area (Å²) in [4.78, 5) is 29.9. The van der Waals surface area contributed by atoms with Crippen molar-refractivity contribution in [2.75, 3.05) is 27.2 Å². The minimum atomic E-state index is -0.702. The molecular formula is C27H31FN2O2. The van der Waals surface area contributed by atoms with Gasteiger partial charge in [0.05, 0.1) is 5.41 Å². The lowest BCUT2D eigenvalue weighted by atomic mass is 9.77. The number of carbonyl (C=O) groups excluding carboxylic acids is 2. The molecule has 1 saturated heterocycles. The minimum Gasteiger partial charge on any atom is -0.348 e. The molecule has 1 heterocycles. The summed E-state index contributed by atoms with van der Waals surface area (Å²) in [7, 11) is 3.53. The van der Waals surface area contributed by atoms with Gasteiger partial charge in [-0.2, -0.15) is 0 Å². The van der Waals surface area contributed by atoms with Crippen LogP contribution in [0.15, 0.2) is 60.7 Å². The normalized spacial score (nSPS) is 22.3. The van der Waals surface area contributed by atoms with E-state index in [9.17, 15) is 14.0 Å². The van der Waals surface area contributed by atoms with Crippen molar-refractivity contribution in [3.63, 3.8) is 0 Å². The first-order valence-electron chi connectivity index (χ1n) is 11.4. The number of amides is 2. The van der Waals surface area contributed by atoms with E-state index in [-0.39, 0.29) is 17.6 Å². The summed E-state index contributed by atoms with van der Waals surface area (Å²) in [6.07, 6.45) is 7.93. The molecule has 0 bridgehead atoms. The molecule has 5 heteroatoms. The predicted octanol–water partition coefficient (Wildman–Crippen LogP) is 4.70. The topological polar surface area (TPSA) is 40.6 Å². The molecule has 2 aromatic carbocycles. The first-order valence-corrected chi connectivity index (χ1v) is 11.4. The first kappa shape index (κ1) is 22.3. The first-order chi connectivity index (χ1) is 15.4. The molecule has 1 aliphatic heterocycles. The van der Waals surface area contributed by atoms with Crippen LogP contribution in [0.25, 0.3) is 11.1 Å². The lowest BCUT2D eigenvalue weighted by Crippen LogP contribution is -2.44. The second kappa shape index (κ2) is 9.27. The van der Waals surface area contributed by atoms with Gasteiger partial charge >= 0.3 is 0 Å². The van der Waals surface area contributed by atoms with E-state index in [0.717, 1.165) is 24.0 Å². The molecule has 0 aromatic heterocycles. The van der Waals surface area contributed by atoms with Crippen molar-refractivity contribution in [2.45, 2.75) is 32.1 Å². The molecule has 2 amide bonds. The fourth-order valence-corrected chi connectivity index (χ4v) is 5.15. The van der Waals surface area contributed by atoms with Gasteiger partial charge in [0.1, 0.15) is 5.82 Å².